The van der Waals surface area contributed by atoms with Gasteiger partial charge in [-0.05, 0) is 32.0 Å². The lowest BCUT2D eigenvalue weighted by molar-refractivity contribution is -0.871. The van der Waals surface area contributed by atoms with Crippen molar-refractivity contribution in [2.75, 3.05) is 0 Å². The molecule has 1 heterocycles. The normalized spacial score (nSPS) is 11.1. The summed E-state index contributed by atoms with van der Waals surface area (Å²) in [5.41, 5.74) is 2.76. The molecule has 0 aliphatic carbocycles. The maximum Gasteiger partial charge on any atom is 0.430 e. The second-order valence-electron chi connectivity index (χ2n) is 4.69. The van der Waals surface area contributed by atoms with Crippen molar-refractivity contribution in [3.8, 4) is 11.5 Å². The van der Waals surface area contributed by atoms with Gasteiger partial charge in [-0.2, -0.15) is 0 Å². The summed E-state index contributed by atoms with van der Waals surface area (Å²) in [7, 11) is 0. The first-order chi connectivity index (χ1) is 9.25. The number of fused-ring (bicyclic) bond motifs is 1. The first kappa shape index (κ1) is 11.8. The van der Waals surface area contributed by atoms with Crippen LogP contribution in [0.2, 0.25) is 0 Å². The van der Waals surface area contributed by atoms with Crippen LogP contribution in [0.15, 0.2) is 59.0 Å². The Hall–Kier alpha value is -2.29. The monoisotopic (exact) mass is 254 g/mol. The summed E-state index contributed by atoms with van der Waals surface area (Å²) in [5, 5.41) is 0. The van der Waals surface area contributed by atoms with Crippen molar-refractivity contribution < 1.29 is 14.0 Å². The fourth-order valence-corrected chi connectivity index (χ4v) is 2.04. The zero-order valence-electron chi connectivity index (χ0n) is 11.0. The number of benzene rings is 2. The SMILES string of the molecule is CC(C)O[n+]1c(-c2ccccc2)oc2ccccc21. The molecule has 1 aromatic heterocycles. The Morgan fingerprint density at radius 1 is 0.947 bits per heavy atom. The van der Waals surface area contributed by atoms with E-state index in [1.807, 2.05) is 68.4 Å². The molecule has 96 valence electrons. The van der Waals surface area contributed by atoms with Crippen LogP contribution in [0.25, 0.3) is 22.6 Å². The Morgan fingerprint density at radius 2 is 1.63 bits per heavy atom. The maximum atomic E-state index is 5.92. The Kier molecular flexibility index (Phi) is 2.95. The lowest BCUT2D eigenvalue weighted by Crippen LogP contribution is -2.46. The Bertz CT molecular complexity index is 686. The molecule has 3 rings (SSSR count). The molecule has 2 aromatic carbocycles. The van der Waals surface area contributed by atoms with Crippen LogP contribution < -0.4 is 9.57 Å². The average Bonchev–Trinajstić information content (AvgIpc) is 2.78. The van der Waals surface area contributed by atoms with E-state index in [9.17, 15) is 0 Å². The van der Waals surface area contributed by atoms with Gasteiger partial charge in [-0.1, -0.05) is 30.3 Å². The molecule has 0 radical (unpaired) electrons. The number of nitrogens with zero attached hydrogens (tertiary/aromatic N) is 1. The number of aromatic nitrogens is 1. The molecular weight excluding hydrogens is 238 g/mol. The van der Waals surface area contributed by atoms with Gasteiger partial charge in [0.2, 0.25) is 5.58 Å². The van der Waals surface area contributed by atoms with Gasteiger partial charge in [0.25, 0.3) is 0 Å². The van der Waals surface area contributed by atoms with Crippen molar-refractivity contribution >= 4 is 11.1 Å². The minimum atomic E-state index is 0.0773. The summed E-state index contributed by atoms with van der Waals surface area (Å²) in [6, 6.07) is 17.9. The van der Waals surface area contributed by atoms with Gasteiger partial charge >= 0.3 is 11.4 Å². The minimum Gasteiger partial charge on any atom is -0.394 e. The topological polar surface area (TPSA) is 26.2 Å². The highest BCUT2D eigenvalue weighted by Crippen LogP contribution is 2.21. The molecule has 0 bridgehead atoms. The van der Waals surface area contributed by atoms with Crippen molar-refractivity contribution in [2.24, 2.45) is 0 Å². The molecule has 3 heteroatoms. The van der Waals surface area contributed by atoms with Crippen molar-refractivity contribution in [3.63, 3.8) is 0 Å². The van der Waals surface area contributed by atoms with Gasteiger partial charge in [0.05, 0.1) is 10.3 Å². The largest absolute Gasteiger partial charge is 0.430 e. The fourth-order valence-electron chi connectivity index (χ4n) is 2.04. The zero-order chi connectivity index (χ0) is 13.2. The molecule has 0 spiro atoms. The third-order valence-corrected chi connectivity index (χ3v) is 2.81. The standard InChI is InChI=1S/C16H16NO2/c1-12(2)19-17-14-10-6-7-11-15(14)18-16(17)13-8-4-3-5-9-13/h3-12H,1-2H3/q+1. The summed E-state index contributed by atoms with van der Waals surface area (Å²) < 4.78 is 7.70. The van der Waals surface area contributed by atoms with Crippen LogP contribution >= 0.6 is 0 Å². The van der Waals surface area contributed by atoms with Crippen molar-refractivity contribution in [1.82, 2.24) is 0 Å². The van der Waals surface area contributed by atoms with Crippen LogP contribution in [-0.4, -0.2) is 6.10 Å². The van der Waals surface area contributed by atoms with Gasteiger partial charge in [-0.25, -0.2) is 0 Å². The first-order valence-corrected chi connectivity index (χ1v) is 6.42. The molecule has 0 N–H and O–H groups in total. The van der Waals surface area contributed by atoms with Crippen LogP contribution in [0.1, 0.15) is 13.8 Å². The van der Waals surface area contributed by atoms with Gasteiger partial charge in [-0.3, -0.25) is 4.84 Å². The van der Waals surface area contributed by atoms with E-state index >= 15 is 0 Å². The van der Waals surface area contributed by atoms with Crippen LogP contribution in [0.4, 0.5) is 0 Å². The molecule has 0 unspecified atom stereocenters. The van der Waals surface area contributed by atoms with Gasteiger partial charge in [0, 0.05) is 6.07 Å². The smallest absolute Gasteiger partial charge is 0.394 e. The van der Waals surface area contributed by atoms with Crippen LogP contribution in [0.5, 0.6) is 0 Å². The maximum absolute atomic E-state index is 5.92. The predicted octanol–water partition coefficient (Wildman–Crippen LogP) is 3.22. The predicted molar refractivity (Wildman–Crippen MR) is 73.6 cm³/mol. The Labute approximate surface area is 112 Å². The third-order valence-electron chi connectivity index (χ3n) is 2.81. The molecular formula is C16H16NO2+. The van der Waals surface area contributed by atoms with E-state index in [0.717, 1.165) is 22.6 Å². The highest BCUT2D eigenvalue weighted by molar-refractivity contribution is 5.71. The van der Waals surface area contributed by atoms with Gasteiger partial charge in [0.1, 0.15) is 0 Å². The summed E-state index contributed by atoms with van der Waals surface area (Å²) in [5.74, 6) is 0.718. The summed E-state index contributed by atoms with van der Waals surface area (Å²) in [6.45, 7) is 4.01. The first-order valence-electron chi connectivity index (χ1n) is 6.42. The summed E-state index contributed by atoms with van der Waals surface area (Å²) >= 11 is 0. The van der Waals surface area contributed by atoms with E-state index in [1.54, 1.807) is 4.73 Å². The highest BCUT2D eigenvalue weighted by Gasteiger charge is 2.27. The van der Waals surface area contributed by atoms with E-state index in [1.165, 1.54) is 0 Å². The minimum absolute atomic E-state index is 0.0773. The number of hydrogen-bond acceptors (Lipinski definition) is 2. The van der Waals surface area contributed by atoms with Gasteiger partial charge in [0.15, 0.2) is 6.10 Å². The lowest BCUT2D eigenvalue weighted by Gasteiger charge is -2.00. The van der Waals surface area contributed by atoms with E-state index < -0.39 is 0 Å². The second kappa shape index (κ2) is 4.76. The zero-order valence-corrected chi connectivity index (χ0v) is 11.0. The molecule has 0 saturated heterocycles. The Morgan fingerprint density at radius 3 is 2.37 bits per heavy atom. The number of para-hydroxylation sites is 2. The molecule has 3 nitrogen and oxygen atoms in total. The molecule has 0 saturated carbocycles. The molecule has 0 atom stereocenters. The lowest BCUT2D eigenvalue weighted by atomic mass is 10.2. The Balaban J connectivity index is 2.23. The number of oxazole rings is 1. The van der Waals surface area contributed by atoms with E-state index in [4.69, 9.17) is 9.25 Å². The number of hydrogen-bond donors (Lipinski definition) is 0. The van der Waals surface area contributed by atoms with E-state index in [2.05, 4.69) is 0 Å². The summed E-state index contributed by atoms with van der Waals surface area (Å²) in [6.07, 6.45) is 0.0773. The molecule has 0 amide bonds. The van der Waals surface area contributed by atoms with Gasteiger partial charge < -0.3 is 4.42 Å². The molecule has 0 fully saturated rings. The number of rotatable bonds is 3. The van der Waals surface area contributed by atoms with Crippen LogP contribution in [0.3, 0.4) is 0 Å². The van der Waals surface area contributed by atoms with Gasteiger partial charge in [-0.15, -0.1) is 0 Å². The van der Waals surface area contributed by atoms with Crippen LogP contribution in [-0.2, 0) is 0 Å². The quantitative estimate of drug-likeness (QED) is 0.671. The molecule has 0 aliphatic heterocycles. The fraction of sp³-hybridized carbons (Fsp3) is 0.188. The van der Waals surface area contributed by atoms with Crippen molar-refractivity contribution in [1.29, 1.82) is 0 Å². The molecule has 0 aliphatic rings. The van der Waals surface area contributed by atoms with Crippen LogP contribution in [0, 0.1) is 0 Å². The molecule has 3 aromatic rings. The molecule has 19 heavy (non-hydrogen) atoms. The average molecular weight is 254 g/mol. The second-order valence-corrected chi connectivity index (χ2v) is 4.69. The summed E-state index contributed by atoms with van der Waals surface area (Å²) in [4.78, 5) is 5.88. The third kappa shape index (κ3) is 2.19. The van der Waals surface area contributed by atoms with Crippen molar-refractivity contribution in [2.45, 2.75) is 20.0 Å². The highest BCUT2D eigenvalue weighted by atomic mass is 16.7. The van der Waals surface area contributed by atoms with E-state index in [-0.39, 0.29) is 6.10 Å². The van der Waals surface area contributed by atoms with E-state index in [0.29, 0.717) is 0 Å². The van der Waals surface area contributed by atoms with Crippen molar-refractivity contribution in [3.05, 3.63) is 54.6 Å².